The van der Waals surface area contributed by atoms with Gasteiger partial charge in [-0.1, -0.05) is 0 Å². The number of anilines is 1. The van der Waals surface area contributed by atoms with Gasteiger partial charge in [-0.3, -0.25) is 0 Å². The Morgan fingerprint density at radius 3 is 3.25 bits per heavy atom. The molecule has 0 aromatic carbocycles. The number of aromatic nitrogens is 1. The number of nitrogens with one attached hydrogen (secondary N) is 1. The van der Waals surface area contributed by atoms with E-state index in [1.54, 1.807) is 13.3 Å². The van der Waals surface area contributed by atoms with Crippen molar-refractivity contribution in [3.8, 4) is 5.88 Å². The summed E-state index contributed by atoms with van der Waals surface area (Å²) in [5.74, 6) is 0.660. The highest BCUT2D eigenvalue weighted by Gasteiger charge is 2.14. The molecular weight excluding hydrogens is 204 g/mol. The van der Waals surface area contributed by atoms with Gasteiger partial charge in [0.1, 0.15) is 0 Å². The molecule has 4 nitrogen and oxygen atoms in total. The smallest absolute Gasteiger partial charge is 0.237 e. The lowest BCUT2D eigenvalue weighted by Gasteiger charge is -2.18. The Hall–Kier alpha value is -1.29. The van der Waals surface area contributed by atoms with Gasteiger partial charge in [0, 0.05) is 25.5 Å². The zero-order valence-corrected chi connectivity index (χ0v) is 9.61. The minimum absolute atomic E-state index is 0.459. The van der Waals surface area contributed by atoms with Gasteiger partial charge in [0.2, 0.25) is 5.88 Å². The van der Waals surface area contributed by atoms with Gasteiger partial charge in [0.05, 0.1) is 12.8 Å². The fraction of sp³-hybridized carbons (Fsp3) is 0.583. The summed E-state index contributed by atoms with van der Waals surface area (Å²) in [6.45, 7) is 1.71. The standard InChI is InChI=1S/C12H18N2O2/c1-15-12-11(5-2-7-13-12)14-10-4-3-8-16-9-6-10/h2,5,7,10,14H,3-4,6,8-9H2,1H3. The molecule has 2 heterocycles. The molecule has 1 fully saturated rings. The van der Waals surface area contributed by atoms with Crippen LogP contribution in [0.4, 0.5) is 5.69 Å². The fourth-order valence-corrected chi connectivity index (χ4v) is 1.93. The van der Waals surface area contributed by atoms with Crippen LogP contribution < -0.4 is 10.1 Å². The minimum atomic E-state index is 0.459. The molecule has 1 aromatic heterocycles. The predicted octanol–water partition coefficient (Wildman–Crippen LogP) is 2.07. The zero-order valence-electron chi connectivity index (χ0n) is 9.61. The zero-order chi connectivity index (χ0) is 11.2. The van der Waals surface area contributed by atoms with Crippen molar-refractivity contribution in [1.82, 2.24) is 4.98 Å². The Morgan fingerprint density at radius 2 is 2.38 bits per heavy atom. The van der Waals surface area contributed by atoms with Crippen LogP contribution >= 0.6 is 0 Å². The van der Waals surface area contributed by atoms with Crippen LogP contribution in [-0.2, 0) is 4.74 Å². The van der Waals surface area contributed by atoms with Crippen LogP contribution in [0.15, 0.2) is 18.3 Å². The van der Waals surface area contributed by atoms with Crippen molar-refractivity contribution in [3.63, 3.8) is 0 Å². The largest absolute Gasteiger partial charge is 0.480 e. The molecule has 1 saturated heterocycles. The van der Waals surface area contributed by atoms with Crippen molar-refractivity contribution >= 4 is 5.69 Å². The van der Waals surface area contributed by atoms with Gasteiger partial charge < -0.3 is 14.8 Å². The van der Waals surface area contributed by atoms with Crippen LogP contribution in [0.1, 0.15) is 19.3 Å². The first kappa shape index (κ1) is 11.2. The highest BCUT2D eigenvalue weighted by atomic mass is 16.5. The Labute approximate surface area is 96.0 Å². The Balaban J connectivity index is 2.01. The number of ether oxygens (including phenoxy) is 2. The fourth-order valence-electron chi connectivity index (χ4n) is 1.93. The van der Waals surface area contributed by atoms with Crippen molar-refractivity contribution in [1.29, 1.82) is 0 Å². The van der Waals surface area contributed by atoms with Crippen LogP contribution in [0, 0.1) is 0 Å². The molecule has 2 rings (SSSR count). The van der Waals surface area contributed by atoms with Gasteiger partial charge in [-0.05, 0) is 31.4 Å². The molecule has 1 aromatic rings. The normalized spacial score (nSPS) is 21.2. The molecule has 0 bridgehead atoms. The second-order valence-electron chi connectivity index (χ2n) is 3.94. The predicted molar refractivity (Wildman–Crippen MR) is 62.9 cm³/mol. The van der Waals surface area contributed by atoms with Crippen LogP contribution in [0.5, 0.6) is 5.88 Å². The van der Waals surface area contributed by atoms with E-state index >= 15 is 0 Å². The molecule has 1 unspecified atom stereocenters. The molecule has 0 radical (unpaired) electrons. The molecule has 1 aliphatic heterocycles. The van der Waals surface area contributed by atoms with Gasteiger partial charge in [-0.25, -0.2) is 4.98 Å². The number of rotatable bonds is 3. The van der Waals surface area contributed by atoms with E-state index in [1.165, 1.54) is 0 Å². The van der Waals surface area contributed by atoms with Crippen molar-refractivity contribution < 1.29 is 9.47 Å². The van der Waals surface area contributed by atoms with E-state index in [0.29, 0.717) is 11.9 Å². The van der Waals surface area contributed by atoms with Crippen LogP contribution in [-0.4, -0.2) is 31.3 Å². The average Bonchev–Trinajstić information content (AvgIpc) is 2.58. The van der Waals surface area contributed by atoms with E-state index in [-0.39, 0.29) is 0 Å². The van der Waals surface area contributed by atoms with E-state index in [4.69, 9.17) is 9.47 Å². The maximum atomic E-state index is 5.43. The summed E-state index contributed by atoms with van der Waals surface area (Å²) in [6, 6.07) is 4.37. The number of hydrogen-bond acceptors (Lipinski definition) is 4. The summed E-state index contributed by atoms with van der Waals surface area (Å²) in [6.07, 6.45) is 5.02. The molecule has 16 heavy (non-hydrogen) atoms. The van der Waals surface area contributed by atoms with Crippen molar-refractivity contribution in [2.24, 2.45) is 0 Å². The van der Waals surface area contributed by atoms with Crippen LogP contribution in [0.25, 0.3) is 0 Å². The Kier molecular flexibility index (Phi) is 3.99. The molecule has 88 valence electrons. The van der Waals surface area contributed by atoms with Crippen LogP contribution in [0.2, 0.25) is 0 Å². The second-order valence-corrected chi connectivity index (χ2v) is 3.94. The van der Waals surface area contributed by atoms with E-state index in [1.807, 2.05) is 12.1 Å². The first-order valence-corrected chi connectivity index (χ1v) is 5.73. The minimum Gasteiger partial charge on any atom is -0.480 e. The summed E-state index contributed by atoms with van der Waals surface area (Å²) in [4.78, 5) is 4.17. The molecular formula is C12H18N2O2. The molecule has 4 heteroatoms. The van der Waals surface area contributed by atoms with E-state index in [2.05, 4.69) is 10.3 Å². The van der Waals surface area contributed by atoms with Gasteiger partial charge in [0.15, 0.2) is 0 Å². The lowest BCUT2D eigenvalue weighted by Crippen LogP contribution is -2.20. The number of methoxy groups -OCH3 is 1. The van der Waals surface area contributed by atoms with Crippen molar-refractivity contribution in [3.05, 3.63) is 18.3 Å². The average molecular weight is 222 g/mol. The third-order valence-corrected chi connectivity index (χ3v) is 2.78. The van der Waals surface area contributed by atoms with Gasteiger partial charge in [-0.15, -0.1) is 0 Å². The molecule has 0 spiro atoms. The maximum Gasteiger partial charge on any atom is 0.237 e. The summed E-state index contributed by atoms with van der Waals surface area (Å²) in [5.41, 5.74) is 0.969. The van der Waals surface area contributed by atoms with E-state index in [0.717, 1.165) is 38.2 Å². The van der Waals surface area contributed by atoms with Gasteiger partial charge in [0.25, 0.3) is 0 Å². The van der Waals surface area contributed by atoms with E-state index < -0.39 is 0 Å². The topological polar surface area (TPSA) is 43.4 Å². The molecule has 1 atom stereocenters. The lowest BCUT2D eigenvalue weighted by atomic mass is 10.1. The quantitative estimate of drug-likeness (QED) is 0.850. The number of hydrogen-bond donors (Lipinski definition) is 1. The molecule has 0 amide bonds. The second kappa shape index (κ2) is 5.70. The highest BCUT2D eigenvalue weighted by Crippen LogP contribution is 2.23. The number of pyridine rings is 1. The number of nitrogens with zero attached hydrogens (tertiary/aromatic N) is 1. The third kappa shape index (κ3) is 2.85. The monoisotopic (exact) mass is 222 g/mol. The van der Waals surface area contributed by atoms with Crippen LogP contribution in [0.3, 0.4) is 0 Å². The summed E-state index contributed by atoms with van der Waals surface area (Å²) < 4.78 is 10.6. The van der Waals surface area contributed by atoms with Gasteiger partial charge >= 0.3 is 0 Å². The SMILES string of the molecule is COc1ncccc1NC1CCCOCC1. The van der Waals surface area contributed by atoms with Gasteiger partial charge in [-0.2, -0.15) is 0 Å². The molecule has 0 aliphatic carbocycles. The molecule has 0 saturated carbocycles. The Bertz CT molecular complexity index is 323. The summed E-state index contributed by atoms with van der Waals surface area (Å²) in [7, 11) is 1.64. The first-order valence-electron chi connectivity index (χ1n) is 5.73. The highest BCUT2D eigenvalue weighted by molar-refractivity contribution is 5.52. The third-order valence-electron chi connectivity index (χ3n) is 2.78. The molecule has 1 aliphatic rings. The van der Waals surface area contributed by atoms with E-state index in [9.17, 15) is 0 Å². The summed E-state index contributed by atoms with van der Waals surface area (Å²) in [5, 5.41) is 3.47. The molecule has 1 N–H and O–H groups in total. The first-order chi connectivity index (χ1) is 7.90. The maximum absolute atomic E-state index is 5.43. The summed E-state index contributed by atoms with van der Waals surface area (Å²) >= 11 is 0. The van der Waals surface area contributed by atoms with Crippen molar-refractivity contribution in [2.75, 3.05) is 25.6 Å². The van der Waals surface area contributed by atoms with Crippen molar-refractivity contribution in [2.45, 2.75) is 25.3 Å². The Morgan fingerprint density at radius 1 is 1.44 bits per heavy atom. The lowest BCUT2D eigenvalue weighted by molar-refractivity contribution is 0.144.